The zero-order valence-corrected chi connectivity index (χ0v) is 22.4. The minimum Gasteiger partial charge on any atom is -0.344 e. The van der Waals surface area contributed by atoms with E-state index in [1.54, 1.807) is 0 Å². The third kappa shape index (κ3) is 14.3. The van der Waals surface area contributed by atoms with Crippen molar-refractivity contribution in [3.63, 3.8) is 0 Å². The summed E-state index contributed by atoms with van der Waals surface area (Å²) >= 11 is 0. The van der Waals surface area contributed by atoms with Gasteiger partial charge in [0.1, 0.15) is 0 Å². The summed E-state index contributed by atoms with van der Waals surface area (Å²) in [5, 5.41) is 0. The van der Waals surface area contributed by atoms with E-state index in [0.717, 1.165) is 57.8 Å². The second kappa shape index (κ2) is 16.9. The molecule has 1 fully saturated rings. The minimum absolute atomic E-state index is 0.0342. The second-order valence-corrected chi connectivity index (χ2v) is 15.4. The molecule has 0 aromatic carbocycles. The molecule has 186 valence electrons. The van der Waals surface area contributed by atoms with Gasteiger partial charge in [-0.05, 0) is 50.9 Å². The van der Waals surface area contributed by atoms with E-state index in [4.69, 9.17) is 0 Å². The molecule has 2 atom stereocenters. The molecule has 0 spiro atoms. The molecule has 0 aromatic heterocycles. The van der Waals surface area contributed by atoms with Gasteiger partial charge in [0.05, 0.1) is 0 Å². The molecule has 0 saturated heterocycles. The third-order valence-electron chi connectivity index (χ3n) is 7.22. The molecule has 1 rings (SSSR count). The summed E-state index contributed by atoms with van der Waals surface area (Å²) < 4.78 is 25.3. The van der Waals surface area contributed by atoms with E-state index in [9.17, 15) is 18.9 Å². The number of rotatable bonds is 19. The Labute approximate surface area is 193 Å². The van der Waals surface area contributed by atoms with Crippen LogP contribution in [0.1, 0.15) is 129 Å². The summed E-state index contributed by atoms with van der Waals surface area (Å²) in [6.07, 6.45) is 20.8. The standard InChI is InChI=1S/C25H52O4P2/c1-3-5-7-9-11-12-14-21-30(26,27)23-20-24-16-18-25(19-17-24)31(28,29)22-15-13-10-8-6-4-2/h24-25H,3-23H2,1-2H3,(H,26,27)(H,28,29). The number of hydrogen-bond acceptors (Lipinski definition) is 2. The molecule has 1 aliphatic rings. The molecule has 0 aromatic rings. The lowest BCUT2D eigenvalue weighted by Gasteiger charge is -2.31. The Hall–Kier alpha value is 0.380. The summed E-state index contributed by atoms with van der Waals surface area (Å²) in [6.45, 7) is 4.42. The maximum Gasteiger partial charge on any atom is 0.203 e. The predicted molar refractivity (Wildman–Crippen MR) is 136 cm³/mol. The van der Waals surface area contributed by atoms with E-state index in [1.165, 1.54) is 57.8 Å². The van der Waals surface area contributed by atoms with Crippen molar-refractivity contribution >= 4 is 14.7 Å². The van der Waals surface area contributed by atoms with E-state index in [-0.39, 0.29) is 5.66 Å². The van der Waals surface area contributed by atoms with Crippen LogP contribution in [-0.4, -0.2) is 33.9 Å². The second-order valence-electron chi connectivity index (χ2n) is 10.1. The molecule has 2 N–H and O–H groups in total. The van der Waals surface area contributed by atoms with Crippen molar-refractivity contribution in [2.45, 2.75) is 135 Å². The van der Waals surface area contributed by atoms with Gasteiger partial charge in [-0.3, -0.25) is 9.13 Å². The van der Waals surface area contributed by atoms with E-state index in [0.29, 0.717) is 24.4 Å². The van der Waals surface area contributed by atoms with Gasteiger partial charge in [0.2, 0.25) is 14.7 Å². The molecule has 0 bridgehead atoms. The van der Waals surface area contributed by atoms with Crippen LogP contribution in [0.3, 0.4) is 0 Å². The van der Waals surface area contributed by atoms with E-state index in [2.05, 4.69) is 13.8 Å². The highest BCUT2D eigenvalue weighted by molar-refractivity contribution is 7.58. The van der Waals surface area contributed by atoms with E-state index in [1.807, 2.05) is 0 Å². The number of unbranched alkanes of at least 4 members (excludes halogenated alkanes) is 11. The van der Waals surface area contributed by atoms with Crippen molar-refractivity contribution in [2.75, 3.05) is 18.5 Å². The van der Waals surface area contributed by atoms with E-state index < -0.39 is 14.7 Å². The van der Waals surface area contributed by atoms with Crippen molar-refractivity contribution in [3.05, 3.63) is 0 Å². The normalized spacial score (nSPS) is 23.4. The van der Waals surface area contributed by atoms with Crippen LogP contribution in [0.15, 0.2) is 0 Å². The zero-order valence-electron chi connectivity index (χ0n) is 20.6. The first-order valence-electron chi connectivity index (χ1n) is 13.4. The molecule has 2 unspecified atom stereocenters. The first-order chi connectivity index (χ1) is 14.8. The van der Waals surface area contributed by atoms with Crippen LogP contribution < -0.4 is 0 Å². The minimum atomic E-state index is -3.03. The van der Waals surface area contributed by atoms with Crippen LogP contribution in [-0.2, 0) is 9.13 Å². The quantitative estimate of drug-likeness (QED) is 0.144. The van der Waals surface area contributed by atoms with Crippen LogP contribution in [0, 0.1) is 5.92 Å². The zero-order chi connectivity index (χ0) is 23.0. The van der Waals surface area contributed by atoms with Crippen molar-refractivity contribution < 1.29 is 18.9 Å². The molecule has 1 saturated carbocycles. The average molecular weight is 479 g/mol. The predicted octanol–water partition coefficient (Wildman–Crippen LogP) is 8.59. The fourth-order valence-corrected chi connectivity index (χ4v) is 8.81. The molecule has 6 heteroatoms. The van der Waals surface area contributed by atoms with Gasteiger partial charge in [-0.1, -0.05) is 84.5 Å². The lowest BCUT2D eigenvalue weighted by molar-refractivity contribution is 0.331. The fraction of sp³-hybridized carbons (Fsp3) is 1.00. The first-order valence-corrected chi connectivity index (χ1v) is 17.4. The smallest absolute Gasteiger partial charge is 0.203 e. The van der Waals surface area contributed by atoms with Gasteiger partial charge in [0.15, 0.2) is 0 Å². The van der Waals surface area contributed by atoms with Crippen molar-refractivity contribution in [2.24, 2.45) is 5.92 Å². The molecule has 0 radical (unpaired) electrons. The molecule has 1 aliphatic carbocycles. The monoisotopic (exact) mass is 478 g/mol. The maximum absolute atomic E-state index is 12.8. The van der Waals surface area contributed by atoms with Gasteiger partial charge in [0.25, 0.3) is 0 Å². The van der Waals surface area contributed by atoms with Crippen molar-refractivity contribution in [1.82, 2.24) is 0 Å². The Morgan fingerprint density at radius 1 is 0.613 bits per heavy atom. The van der Waals surface area contributed by atoms with Crippen LogP contribution in [0.2, 0.25) is 0 Å². The molecule has 31 heavy (non-hydrogen) atoms. The lowest BCUT2D eigenvalue weighted by atomic mass is 9.87. The Balaban J connectivity index is 2.17. The van der Waals surface area contributed by atoms with Gasteiger partial charge >= 0.3 is 0 Å². The molecular formula is C25H52O4P2. The largest absolute Gasteiger partial charge is 0.344 e. The Bertz CT molecular complexity index is 530. The Morgan fingerprint density at radius 3 is 1.58 bits per heavy atom. The highest BCUT2D eigenvalue weighted by Gasteiger charge is 2.34. The molecule has 4 nitrogen and oxygen atoms in total. The van der Waals surface area contributed by atoms with Gasteiger partial charge < -0.3 is 9.79 Å². The summed E-state index contributed by atoms with van der Waals surface area (Å²) in [5.74, 6) is 0.458. The molecule has 0 heterocycles. The van der Waals surface area contributed by atoms with Crippen LogP contribution in [0.5, 0.6) is 0 Å². The Morgan fingerprint density at radius 2 is 1.06 bits per heavy atom. The fourth-order valence-electron chi connectivity index (χ4n) is 4.95. The summed E-state index contributed by atoms with van der Waals surface area (Å²) in [5.41, 5.74) is -0.0342. The maximum atomic E-state index is 12.8. The highest BCUT2D eigenvalue weighted by Crippen LogP contribution is 2.54. The first kappa shape index (κ1) is 29.4. The van der Waals surface area contributed by atoms with Gasteiger partial charge in [-0.2, -0.15) is 0 Å². The lowest BCUT2D eigenvalue weighted by Crippen LogP contribution is -2.21. The summed E-state index contributed by atoms with van der Waals surface area (Å²) in [6, 6.07) is 0. The highest BCUT2D eigenvalue weighted by atomic mass is 31.2. The van der Waals surface area contributed by atoms with Crippen LogP contribution >= 0.6 is 14.7 Å². The molecule has 0 amide bonds. The summed E-state index contributed by atoms with van der Waals surface area (Å²) in [4.78, 5) is 20.9. The van der Waals surface area contributed by atoms with Gasteiger partial charge in [-0.15, -0.1) is 0 Å². The van der Waals surface area contributed by atoms with Crippen molar-refractivity contribution in [3.8, 4) is 0 Å². The SMILES string of the molecule is CCCCCCCCCP(=O)(O)CCC1CCC(P(=O)(O)CCCCCCCC)CC1. The topological polar surface area (TPSA) is 74.6 Å². The number of hydrogen-bond donors (Lipinski definition) is 2. The van der Waals surface area contributed by atoms with E-state index >= 15 is 0 Å². The van der Waals surface area contributed by atoms with Gasteiger partial charge in [0, 0.05) is 24.1 Å². The molecular weight excluding hydrogens is 426 g/mol. The summed E-state index contributed by atoms with van der Waals surface area (Å²) in [7, 11) is -6.03. The third-order valence-corrected chi connectivity index (χ3v) is 11.8. The Kier molecular flexibility index (Phi) is 16.0. The van der Waals surface area contributed by atoms with Gasteiger partial charge in [-0.25, -0.2) is 0 Å². The average Bonchev–Trinajstić information content (AvgIpc) is 2.74. The molecule has 0 aliphatic heterocycles. The van der Waals surface area contributed by atoms with Crippen LogP contribution in [0.25, 0.3) is 0 Å². The van der Waals surface area contributed by atoms with Crippen molar-refractivity contribution in [1.29, 1.82) is 0 Å². The van der Waals surface area contributed by atoms with Crippen LogP contribution in [0.4, 0.5) is 0 Å².